The summed E-state index contributed by atoms with van der Waals surface area (Å²) < 4.78 is 0. The average molecular weight is 359 g/mol. The summed E-state index contributed by atoms with van der Waals surface area (Å²) in [6, 6.07) is 0. The molecular formula is C21H42O2S. The van der Waals surface area contributed by atoms with Gasteiger partial charge in [-0.2, -0.15) is 0 Å². The van der Waals surface area contributed by atoms with Crippen molar-refractivity contribution in [1.82, 2.24) is 0 Å². The van der Waals surface area contributed by atoms with Gasteiger partial charge in [-0.05, 0) is 18.1 Å². The lowest BCUT2D eigenvalue weighted by Gasteiger charge is -2.15. The molecule has 0 bridgehead atoms. The monoisotopic (exact) mass is 358 g/mol. The molecule has 0 aromatic heterocycles. The van der Waals surface area contributed by atoms with Crippen LogP contribution in [-0.4, -0.2) is 22.1 Å². The minimum Gasteiger partial charge on any atom is -0.480 e. The average Bonchev–Trinajstić information content (AvgIpc) is 2.53. The van der Waals surface area contributed by atoms with Gasteiger partial charge in [0.2, 0.25) is 0 Å². The topological polar surface area (TPSA) is 37.3 Å². The number of thioether (sulfide) groups is 1. The summed E-state index contributed by atoms with van der Waals surface area (Å²) in [4.78, 5) is 11.1. The lowest BCUT2D eigenvalue weighted by molar-refractivity contribution is -0.137. The molecule has 0 aromatic carbocycles. The first-order valence-corrected chi connectivity index (χ1v) is 11.5. The molecule has 0 saturated heterocycles. The number of carboxylic acids is 1. The molecule has 0 fully saturated rings. The second-order valence-corrected chi connectivity index (χ2v) is 8.72. The van der Waals surface area contributed by atoms with Crippen molar-refractivity contribution in [2.24, 2.45) is 5.92 Å². The summed E-state index contributed by atoms with van der Waals surface area (Å²) in [5.74, 6) is 0.562. The molecule has 0 rings (SSSR count). The normalized spacial score (nSPS) is 12.7. The van der Waals surface area contributed by atoms with Gasteiger partial charge in [0, 0.05) is 0 Å². The van der Waals surface area contributed by atoms with Gasteiger partial charge in [0.05, 0.1) is 0 Å². The summed E-state index contributed by atoms with van der Waals surface area (Å²) in [5.41, 5.74) is 0. The predicted molar refractivity (Wildman–Crippen MR) is 109 cm³/mol. The Hall–Kier alpha value is -0.180. The van der Waals surface area contributed by atoms with Crippen molar-refractivity contribution < 1.29 is 9.90 Å². The van der Waals surface area contributed by atoms with E-state index < -0.39 is 5.97 Å². The SMILES string of the molecule is CCCCCCCCCCCCCCCCSC(C(=O)O)C(C)C. The third-order valence-corrected chi connectivity index (χ3v) is 6.27. The van der Waals surface area contributed by atoms with Crippen molar-refractivity contribution in [2.45, 2.75) is 116 Å². The van der Waals surface area contributed by atoms with Gasteiger partial charge in [0.25, 0.3) is 0 Å². The highest BCUT2D eigenvalue weighted by Gasteiger charge is 2.21. The van der Waals surface area contributed by atoms with Gasteiger partial charge in [-0.1, -0.05) is 104 Å². The van der Waals surface area contributed by atoms with E-state index in [1.165, 1.54) is 89.9 Å². The third kappa shape index (κ3) is 15.4. The van der Waals surface area contributed by atoms with Gasteiger partial charge in [-0.25, -0.2) is 0 Å². The Kier molecular flexibility index (Phi) is 17.5. The smallest absolute Gasteiger partial charge is 0.316 e. The van der Waals surface area contributed by atoms with Crippen LogP contribution in [0.1, 0.15) is 111 Å². The summed E-state index contributed by atoms with van der Waals surface area (Å²) in [6.07, 6.45) is 19.2. The highest BCUT2D eigenvalue weighted by atomic mass is 32.2. The first kappa shape index (κ1) is 23.8. The second kappa shape index (κ2) is 17.6. The third-order valence-electron chi connectivity index (χ3n) is 4.64. The van der Waals surface area contributed by atoms with Crippen LogP contribution in [0.2, 0.25) is 0 Å². The molecule has 0 amide bonds. The van der Waals surface area contributed by atoms with E-state index >= 15 is 0 Å². The van der Waals surface area contributed by atoms with E-state index in [1.807, 2.05) is 13.8 Å². The molecule has 1 atom stereocenters. The summed E-state index contributed by atoms with van der Waals surface area (Å²) in [7, 11) is 0. The van der Waals surface area contributed by atoms with Gasteiger partial charge < -0.3 is 5.11 Å². The van der Waals surface area contributed by atoms with Crippen molar-refractivity contribution in [1.29, 1.82) is 0 Å². The van der Waals surface area contributed by atoms with E-state index in [9.17, 15) is 4.79 Å². The number of unbranched alkanes of at least 4 members (excludes halogenated alkanes) is 13. The number of rotatable bonds is 18. The number of carboxylic acid groups (broad SMARTS) is 1. The maximum Gasteiger partial charge on any atom is 0.316 e. The number of aliphatic carboxylic acids is 1. The van der Waals surface area contributed by atoms with E-state index in [2.05, 4.69) is 6.92 Å². The Balaban J connectivity index is 3.21. The number of carbonyl (C=O) groups is 1. The number of hydrogen-bond donors (Lipinski definition) is 1. The maximum atomic E-state index is 11.1. The minimum absolute atomic E-state index is 0.221. The summed E-state index contributed by atoms with van der Waals surface area (Å²) in [5, 5.41) is 8.91. The molecule has 0 aromatic rings. The Bertz CT molecular complexity index is 279. The van der Waals surface area contributed by atoms with E-state index in [1.54, 1.807) is 11.8 Å². The van der Waals surface area contributed by atoms with E-state index in [0.29, 0.717) is 0 Å². The van der Waals surface area contributed by atoms with E-state index in [4.69, 9.17) is 5.11 Å². The van der Waals surface area contributed by atoms with Crippen molar-refractivity contribution in [3.05, 3.63) is 0 Å². The van der Waals surface area contributed by atoms with Crippen LogP contribution in [0, 0.1) is 5.92 Å². The van der Waals surface area contributed by atoms with Crippen molar-refractivity contribution in [3.63, 3.8) is 0 Å². The zero-order valence-electron chi connectivity index (χ0n) is 16.5. The Morgan fingerprint density at radius 1 is 0.750 bits per heavy atom. The van der Waals surface area contributed by atoms with Crippen LogP contribution in [0.4, 0.5) is 0 Å². The lowest BCUT2D eigenvalue weighted by Crippen LogP contribution is -2.22. The van der Waals surface area contributed by atoms with Crippen LogP contribution in [0.5, 0.6) is 0 Å². The van der Waals surface area contributed by atoms with Crippen LogP contribution in [0.25, 0.3) is 0 Å². The molecule has 0 saturated carbocycles. The van der Waals surface area contributed by atoms with E-state index in [0.717, 1.165) is 5.75 Å². The molecule has 0 spiro atoms. The fraction of sp³-hybridized carbons (Fsp3) is 0.952. The minimum atomic E-state index is -0.652. The summed E-state index contributed by atoms with van der Waals surface area (Å²) >= 11 is 1.62. The van der Waals surface area contributed by atoms with Gasteiger partial charge >= 0.3 is 5.97 Å². The van der Waals surface area contributed by atoms with Crippen molar-refractivity contribution in [3.8, 4) is 0 Å². The molecule has 2 nitrogen and oxygen atoms in total. The largest absolute Gasteiger partial charge is 0.480 e. The first-order valence-electron chi connectivity index (χ1n) is 10.4. The fourth-order valence-corrected chi connectivity index (χ4v) is 4.21. The zero-order chi connectivity index (χ0) is 18.0. The molecular weight excluding hydrogens is 316 g/mol. The fourth-order valence-electron chi connectivity index (χ4n) is 3.06. The van der Waals surface area contributed by atoms with Crippen LogP contribution >= 0.6 is 11.8 Å². The zero-order valence-corrected chi connectivity index (χ0v) is 17.3. The lowest BCUT2D eigenvalue weighted by atomic mass is 10.0. The van der Waals surface area contributed by atoms with Gasteiger partial charge in [0.15, 0.2) is 0 Å². The molecule has 24 heavy (non-hydrogen) atoms. The Labute approximate surface area is 155 Å². The first-order chi connectivity index (χ1) is 11.6. The predicted octanol–water partition coefficient (Wildman–Crippen LogP) is 7.31. The molecule has 144 valence electrons. The van der Waals surface area contributed by atoms with Crippen molar-refractivity contribution >= 4 is 17.7 Å². The number of hydrogen-bond acceptors (Lipinski definition) is 2. The standard InChI is InChI=1S/C21H42O2S/c1-4-5-6-7-8-9-10-11-12-13-14-15-16-17-18-24-20(19(2)3)21(22)23/h19-20H,4-18H2,1-3H3,(H,22,23). The Morgan fingerprint density at radius 2 is 1.12 bits per heavy atom. The Morgan fingerprint density at radius 3 is 1.46 bits per heavy atom. The van der Waals surface area contributed by atoms with Gasteiger partial charge in [0.1, 0.15) is 5.25 Å². The van der Waals surface area contributed by atoms with Gasteiger partial charge in [-0.3, -0.25) is 4.79 Å². The molecule has 0 aliphatic rings. The van der Waals surface area contributed by atoms with Crippen LogP contribution in [0.15, 0.2) is 0 Å². The highest BCUT2D eigenvalue weighted by Crippen LogP contribution is 2.21. The second-order valence-electron chi connectivity index (χ2n) is 7.47. The summed E-state index contributed by atoms with van der Waals surface area (Å²) in [6.45, 7) is 6.27. The van der Waals surface area contributed by atoms with Gasteiger partial charge in [-0.15, -0.1) is 11.8 Å². The van der Waals surface area contributed by atoms with Crippen LogP contribution < -0.4 is 0 Å². The molecule has 0 aliphatic carbocycles. The molecule has 3 heteroatoms. The molecule has 0 radical (unpaired) electrons. The molecule has 1 unspecified atom stereocenters. The maximum absolute atomic E-state index is 11.1. The molecule has 0 aliphatic heterocycles. The quantitative estimate of drug-likeness (QED) is 0.261. The highest BCUT2D eigenvalue weighted by molar-refractivity contribution is 8.00. The van der Waals surface area contributed by atoms with E-state index in [-0.39, 0.29) is 11.2 Å². The molecule has 1 N–H and O–H groups in total. The van der Waals surface area contributed by atoms with Crippen LogP contribution in [0.3, 0.4) is 0 Å². The molecule has 0 heterocycles. The van der Waals surface area contributed by atoms with Crippen molar-refractivity contribution in [2.75, 3.05) is 5.75 Å². The van der Waals surface area contributed by atoms with Crippen LogP contribution in [-0.2, 0) is 4.79 Å².